The first-order valence-electron chi connectivity index (χ1n) is 8.99. The molecule has 5 N–H and O–H groups in total. The SMILES string of the molecule is CCCc1c2c([nH]c3ccccc32)c2c([n+]1N)CC(C)(C)C/C2=N\N. The molecule has 0 spiro atoms. The van der Waals surface area contributed by atoms with E-state index in [1.807, 2.05) is 4.68 Å². The van der Waals surface area contributed by atoms with Crippen molar-refractivity contribution in [3.05, 3.63) is 41.2 Å². The van der Waals surface area contributed by atoms with E-state index in [-0.39, 0.29) is 5.41 Å². The molecule has 5 heteroatoms. The summed E-state index contributed by atoms with van der Waals surface area (Å²) in [6.45, 7) is 6.68. The number of aryl methyl sites for hydroxylation is 1. The lowest BCUT2D eigenvalue weighted by Crippen LogP contribution is -2.55. The van der Waals surface area contributed by atoms with Crippen LogP contribution in [0.25, 0.3) is 21.8 Å². The summed E-state index contributed by atoms with van der Waals surface area (Å²) in [7, 11) is 0. The number of nitrogens with zero attached hydrogens (tertiary/aromatic N) is 2. The zero-order chi connectivity index (χ0) is 17.8. The van der Waals surface area contributed by atoms with Gasteiger partial charge in [0.05, 0.1) is 22.2 Å². The van der Waals surface area contributed by atoms with Gasteiger partial charge in [0, 0.05) is 23.7 Å². The van der Waals surface area contributed by atoms with Crippen molar-refractivity contribution in [1.82, 2.24) is 4.98 Å². The van der Waals surface area contributed by atoms with Crippen molar-refractivity contribution in [1.29, 1.82) is 0 Å². The second-order valence-electron chi connectivity index (χ2n) is 7.90. The number of aromatic nitrogens is 2. The first kappa shape index (κ1) is 15.9. The summed E-state index contributed by atoms with van der Waals surface area (Å²) in [4.78, 5) is 3.62. The number of hydrogen-bond donors (Lipinski definition) is 3. The van der Waals surface area contributed by atoms with Gasteiger partial charge in [0.1, 0.15) is 0 Å². The van der Waals surface area contributed by atoms with Crippen LogP contribution in [0.1, 0.15) is 50.6 Å². The molecular weight excluding hydrogens is 310 g/mol. The number of fused-ring (bicyclic) bond motifs is 5. The van der Waals surface area contributed by atoms with Crippen LogP contribution >= 0.6 is 0 Å². The average Bonchev–Trinajstić information content (AvgIpc) is 2.96. The van der Waals surface area contributed by atoms with Gasteiger partial charge in [-0.05, 0) is 24.3 Å². The molecule has 0 unspecified atom stereocenters. The molecule has 5 nitrogen and oxygen atoms in total. The lowest BCUT2D eigenvalue weighted by molar-refractivity contribution is -0.654. The first-order chi connectivity index (χ1) is 12.0. The molecular formula is C20H26N5+. The highest BCUT2D eigenvalue weighted by atomic mass is 15.3. The van der Waals surface area contributed by atoms with Crippen LogP contribution in [0.3, 0.4) is 0 Å². The van der Waals surface area contributed by atoms with Crippen LogP contribution in [0, 0.1) is 5.41 Å². The molecule has 0 fully saturated rings. The molecule has 130 valence electrons. The Hall–Kier alpha value is -2.56. The van der Waals surface area contributed by atoms with Gasteiger partial charge >= 0.3 is 0 Å². The summed E-state index contributed by atoms with van der Waals surface area (Å²) in [6.07, 6.45) is 3.76. The van der Waals surface area contributed by atoms with E-state index < -0.39 is 0 Å². The topological polar surface area (TPSA) is 84.1 Å². The van der Waals surface area contributed by atoms with E-state index in [0.29, 0.717) is 0 Å². The Morgan fingerprint density at radius 2 is 2.00 bits per heavy atom. The summed E-state index contributed by atoms with van der Waals surface area (Å²) in [5, 5.41) is 6.57. The number of benzene rings is 1. The largest absolute Gasteiger partial charge is 0.354 e. The number of aromatic amines is 1. The molecule has 4 rings (SSSR count). The van der Waals surface area contributed by atoms with E-state index in [1.54, 1.807) is 0 Å². The van der Waals surface area contributed by atoms with Gasteiger partial charge in [-0.3, -0.25) is 0 Å². The Bertz CT molecular complexity index is 1010. The Labute approximate surface area is 147 Å². The number of hydrazone groups is 1. The molecule has 0 radical (unpaired) electrons. The van der Waals surface area contributed by atoms with E-state index in [0.717, 1.165) is 53.7 Å². The zero-order valence-corrected chi connectivity index (χ0v) is 15.2. The van der Waals surface area contributed by atoms with Crippen LogP contribution in [0.2, 0.25) is 0 Å². The summed E-state index contributed by atoms with van der Waals surface area (Å²) >= 11 is 0. The second kappa shape index (κ2) is 5.48. The highest BCUT2D eigenvalue weighted by molar-refractivity contribution is 6.18. The number of para-hydroxylation sites is 1. The number of rotatable bonds is 2. The molecule has 0 saturated carbocycles. The minimum atomic E-state index is 0.0928. The Morgan fingerprint density at radius 3 is 2.72 bits per heavy atom. The van der Waals surface area contributed by atoms with Gasteiger partial charge in [0.15, 0.2) is 0 Å². The van der Waals surface area contributed by atoms with E-state index >= 15 is 0 Å². The van der Waals surface area contributed by atoms with Crippen molar-refractivity contribution in [2.75, 3.05) is 5.84 Å². The van der Waals surface area contributed by atoms with Gasteiger partial charge in [-0.25, -0.2) is 5.84 Å². The Balaban J connectivity index is 2.20. The van der Waals surface area contributed by atoms with Crippen molar-refractivity contribution < 1.29 is 4.68 Å². The van der Waals surface area contributed by atoms with Gasteiger partial charge in [0.25, 0.3) is 0 Å². The highest BCUT2D eigenvalue weighted by Crippen LogP contribution is 2.39. The maximum atomic E-state index is 6.65. The summed E-state index contributed by atoms with van der Waals surface area (Å²) < 4.78 is 1.91. The summed E-state index contributed by atoms with van der Waals surface area (Å²) in [5.41, 5.74) is 6.69. The number of nitrogen functional groups attached to an aromatic ring is 1. The van der Waals surface area contributed by atoms with Gasteiger partial charge in [0.2, 0.25) is 11.4 Å². The standard InChI is InChI=1S/C20H25N5/c1-4-7-15-17-12-8-5-6-9-13(12)23-19(17)18-14(24-21)10-20(2,3)11-16(18)25(15)22/h5-6,8-9H,4,7,10-11,21-22H2,1-3H3/p+1/b24-14+. The van der Waals surface area contributed by atoms with Gasteiger partial charge < -0.3 is 10.8 Å². The van der Waals surface area contributed by atoms with Crippen molar-refractivity contribution in [3.63, 3.8) is 0 Å². The summed E-state index contributed by atoms with van der Waals surface area (Å²) in [6, 6.07) is 8.41. The van der Waals surface area contributed by atoms with Gasteiger partial charge in [-0.15, -0.1) is 0 Å². The third-order valence-electron chi connectivity index (χ3n) is 5.34. The fraction of sp³-hybridized carbons (Fsp3) is 0.400. The second-order valence-corrected chi connectivity index (χ2v) is 7.90. The van der Waals surface area contributed by atoms with E-state index in [2.05, 4.69) is 55.1 Å². The molecule has 0 bridgehead atoms. The minimum Gasteiger partial charge on any atom is -0.354 e. The van der Waals surface area contributed by atoms with Crippen LogP contribution in [0.15, 0.2) is 29.4 Å². The lowest BCUT2D eigenvalue weighted by Gasteiger charge is -2.30. The highest BCUT2D eigenvalue weighted by Gasteiger charge is 2.39. The molecule has 2 aromatic heterocycles. The molecule has 0 saturated heterocycles. The van der Waals surface area contributed by atoms with Crippen molar-refractivity contribution in [2.24, 2.45) is 16.4 Å². The molecule has 25 heavy (non-hydrogen) atoms. The first-order valence-corrected chi connectivity index (χ1v) is 8.99. The third kappa shape index (κ3) is 2.29. The summed E-state index contributed by atoms with van der Waals surface area (Å²) in [5.74, 6) is 12.4. The van der Waals surface area contributed by atoms with Gasteiger partial charge in [-0.2, -0.15) is 5.10 Å². The van der Waals surface area contributed by atoms with Crippen LogP contribution < -0.4 is 16.4 Å². The molecule has 3 aromatic rings. The maximum absolute atomic E-state index is 6.65. The fourth-order valence-corrected chi connectivity index (χ4v) is 4.31. The molecule has 0 aliphatic heterocycles. The number of hydrogen-bond acceptors (Lipinski definition) is 3. The van der Waals surface area contributed by atoms with E-state index in [9.17, 15) is 0 Å². The molecule has 1 aliphatic rings. The van der Waals surface area contributed by atoms with Crippen molar-refractivity contribution in [3.8, 4) is 0 Å². The zero-order valence-electron chi connectivity index (χ0n) is 15.2. The minimum absolute atomic E-state index is 0.0928. The predicted octanol–water partition coefficient (Wildman–Crippen LogP) is 2.91. The van der Waals surface area contributed by atoms with Crippen LogP contribution in [0.5, 0.6) is 0 Å². The molecule has 1 aliphatic carbocycles. The van der Waals surface area contributed by atoms with E-state index in [4.69, 9.17) is 11.7 Å². The van der Waals surface area contributed by atoms with Crippen LogP contribution in [-0.2, 0) is 12.8 Å². The molecule has 0 amide bonds. The molecule has 0 atom stereocenters. The number of H-pyrrole nitrogens is 1. The average molecular weight is 336 g/mol. The maximum Gasteiger partial charge on any atom is 0.223 e. The molecule has 2 heterocycles. The normalized spacial score (nSPS) is 18.1. The van der Waals surface area contributed by atoms with Crippen molar-refractivity contribution >= 4 is 27.5 Å². The van der Waals surface area contributed by atoms with Crippen LogP contribution in [0.4, 0.5) is 0 Å². The number of pyridine rings is 1. The Morgan fingerprint density at radius 1 is 1.24 bits per heavy atom. The third-order valence-corrected chi connectivity index (χ3v) is 5.34. The van der Waals surface area contributed by atoms with Crippen LogP contribution in [-0.4, -0.2) is 10.7 Å². The number of nitrogens with one attached hydrogen (secondary N) is 1. The van der Waals surface area contributed by atoms with Gasteiger partial charge in [-0.1, -0.05) is 43.6 Å². The molecule has 1 aromatic carbocycles. The lowest BCUT2D eigenvalue weighted by atomic mass is 9.74. The Kier molecular flexibility index (Phi) is 3.49. The smallest absolute Gasteiger partial charge is 0.223 e. The number of nitrogens with two attached hydrogens (primary N) is 2. The predicted molar refractivity (Wildman–Crippen MR) is 103 cm³/mol. The fourth-order valence-electron chi connectivity index (χ4n) is 4.31. The monoisotopic (exact) mass is 336 g/mol. The quantitative estimate of drug-likeness (QED) is 0.382. The van der Waals surface area contributed by atoms with E-state index in [1.165, 1.54) is 16.5 Å². The van der Waals surface area contributed by atoms with Crippen molar-refractivity contribution in [2.45, 2.75) is 46.5 Å².